The number of primary amides is 1. The zero-order valence-electron chi connectivity index (χ0n) is 15.2. The summed E-state index contributed by atoms with van der Waals surface area (Å²) in [7, 11) is 0. The number of hydrogen-bond acceptors (Lipinski definition) is 5. The van der Waals surface area contributed by atoms with Gasteiger partial charge in [-0.25, -0.2) is 0 Å². The largest absolute Gasteiger partial charge is 0.461 e. The van der Waals surface area contributed by atoms with E-state index >= 15 is 0 Å². The number of hydrogen-bond donors (Lipinski definition) is 1. The molecule has 0 saturated carbocycles. The zero-order chi connectivity index (χ0) is 19.5. The van der Waals surface area contributed by atoms with Crippen LogP contribution in [0.4, 0.5) is 0 Å². The van der Waals surface area contributed by atoms with Crippen molar-refractivity contribution in [2.24, 2.45) is 5.73 Å². The van der Waals surface area contributed by atoms with Gasteiger partial charge in [0.25, 0.3) is 0 Å². The summed E-state index contributed by atoms with van der Waals surface area (Å²) in [6.45, 7) is 2.04. The molecule has 0 saturated heterocycles. The van der Waals surface area contributed by atoms with Crippen LogP contribution in [0.15, 0.2) is 76.5 Å². The van der Waals surface area contributed by atoms with Crippen LogP contribution in [-0.4, -0.2) is 20.7 Å². The van der Waals surface area contributed by atoms with E-state index in [2.05, 4.69) is 16.3 Å². The van der Waals surface area contributed by atoms with E-state index in [-0.39, 0.29) is 0 Å². The quantitative estimate of drug-likeness (QED) is 0.498. The molecule has 4 aromatic rings. The highest BCUT2D eigenvalue weighted by Gasteiger charge is 2.19. The minimum atomic E-state index is -0.437. The number of carbonyl (C=O) groups excluding carboxylic acids is 1. The second kappa shape index (κ2) is 7.74. The third-order valence-corrected chi connectivity index (χ3v) is 5.25. The molecule has 2 N–H and O–H groups in total. The fraction of sp³-hybridized carbons (Fsp3) is 0.0952. The Morgan fingerprint density at radius 2 is 1.96 bits per heavy atom. The number of thioether (sulfide) groups is 1. The first-order valence-electron chi connectivity index (χ1n) is 8.70. The summed E-state index contributed by atoms with van der Waals surface area (Å²) in [5.41, 5.74) is 8.95. The van der Waals surface area contributed by atoms with Gasteiger partial charge < -0.3 is 10.2 Å². The molecule has 0 atom stereocenters. The Balaban J connectivity index is 1.73. The number of nitrogens with two attached hydrogens (primary N) is 1. The van der Waals surface area contributed by atoms with Crippen LogP contribution in [0.25, 0.3) is 17.3 Å². The predicted octanol–water partition coefficient (Wildman–Crippen LogP) is 4.23. The normalized spacial score (nSPS) is 10.9. The van der Waals surface area contributed by atoms with Gasteiger partial charge >= 0.3 is 0 Å². The number of aromatic nitrogens is 3. The van der Waals surface area contributed by atoms with E-state index in [9.17, 15) is 4.79 Å². The standard InChI is InChI=1S/C21H18N4O2S/c1-14-6-4-8-16(12-14)25-20(18-10-5-11-27-18)23-24-21(25)28-13-15-7-2-3-9-17(15)19(22)26/h2-12H,13H2,1H3,(H2,22,26). The lowest BCUT2D eigenvalue weighted by atomic mass is 10.1. The van der Waals surface area contributed by atoms with Crippen molar-refractivity contribution >= 4 is 17.7 Å². The number of benzene rings is 2. The van der Waals surface area contributed by atoms with Gasteiger partial charge in [-0.1, -0.05) is 42.1 Å². The highest BCUT2D eigenvalue weighted by Crippen LogP contribution is 2.30. The molecule has 0 aliphatic rings. The van der Waals surface area contributed by atoms with Crippen LogP contribution >= 0.6 is 11.8 Å². The van der Waals surface area contributed by atoms with Gasteiger partial charge in [-0.15, -0.1) is 10.2 Å². The lowest BCUT2D eigenvalue weighted by Crippen LogP contribution is -2.13. The minimum absolute atomic E-state index is 0.437. The number of rotatable bonds is 6. The topological polar surface area (TPSA) is 86.9 Å². The van der Waals surface area contributed by atoms with Crippen LogP contribution in [-0.2, 0) is 5.75 Å². The van der Waals surface area contributed by atoms with E-state index in [4.69, 9.17) is 10.2 Å². The van der Waals surface area contributed by atoms with E-state index in [1.54, 1.807) is 18.4 Å². The molecule has 2 aromatic carbocycles. The molecule has 1 amide bonds. The summed E-state index contributed by atoms with van der Waals surface area (Å²) >= 11 is 1.49. The van der Waals surface area contributed by atoms with Crippen LogP contribution in [0.3, 0.4) is 0 Å². The molecule has 140 valence electrons. The molecule has 0 radical (unpaired) electrons. The Morgan fingerprint density at radius 1 is 1.11 bits per heavy atom. The second-order valence-corrected chi connectivity index (χ2v) is 7.21. The minimum Gasteiger partial charge on any atom is -0.461 e. The van der Waals surface area contributed by atoms with E-state index in [1.165, 1.54) is 11.8 Å². The first kappa shape index (κ1) is 18.1. The summed E-state index contributed by atoms with van der Waals surface area (Å²) in [4.78, 5) is 11.7. The van der Waals surface area contributed by atoms with Crippen molar-refractivity contribution in [3.8, 4) is 17.3 Å². The van der Waals surface area contributed by atoms with Crippen molar-refractivity contribution in [3.63, 3.8) is 0 Å². The van der Waals surface area contributed by atoms with Crippen LogP contribution < -0.4 is 5.73 Å². The Hall–Kier alpha value is -3.32. The molecule has 6 nitrogen and oxygen atoms in total. The molecule has 0 fully saturated rings. The molecular weight excluding hydrogens is 372 g/mol. The predicted molar refractivity (Wildman–Crippen MR) is 108 cm³/mol. The van der Waals surface area contributed by atoms with Crippen molar-refractivity contribution in [1.82, 2.24) is 14.8 Å². The van der Waals surface area contributed by atoms with E-state index in [1.807, 2.05) is 54.0 Å². The van der Waals surface area contributed by atoms with Gasteiger partial charge in [0.15, 0.2) is 10.9 Å². The molecule has 0 unspecified atom stereocenters. The Morgan fingerprint density at radius 3 is 2.71 bits per heavy atom. The fourth-order valence-electron chi connectivity index (χ4n) is 2.96. The van der Waals surface area contributed by atoms with Gasteiger partial charge in [-0.2, -0.15) is 0 Å². The second-order valence-electron chi connectivity index (χ2n) is 6.27. The molecule has 2 heterocycles. The van der Waals surface area contributed by atoms with Crippen molar-refractivity contribution in [1.29, 1.82) is 0 Å². The zero-order valence-corrected chi connectivity index (χ0v) is 16.0. The fourth-order valence-corrected chi connectivity index (χ4v) is 3.91. The summed E-state index contributed by atoms with van der Waals surface area (Å²) in [6, 6.07) is 19.1. The smallest absolute Gasteiger partial charge is 0.249 e. The maximum absolute atomic E-state index is 11.7. The molecule has 0 bridgehead atoms. The SMILES string of the molecule is Cc1cccc(-n2c(SCc3ccccc3C(N)=O)nnc2-c2ccco2)c1. The Bertz CT molecular complexity index is 1120. The van der Waals surface area contributed by atoms with Crippen LogP contribution in [0.5, 0.6) is 0 Å². The Kier molecular flexibility index (Phi) is 4.99. The molecule has 4 rings (SSSR count). The third-order valence-electron chi connectivity index (χ3n) is 4.27. The van der Waals surface area contributed by atoms with Gasteiger partial charge in [-0.05, 0) is 48.4 Å². The number of carbonyl (C=O) groups is 1. The number of furan rings is 1. The van der Waals surface area contributed by atoms with Gasteiger partial charge in [0, 0.05) is 11.3 Å². The summed E-state index contributed by atoms with van der Waals surface area (Å²) < 4.78 is 7.51. The van der Waals surface area contributed by atoms with Crippen LogP contribution in [0.1, 0.15) is 21.5 Å². The highest BCUT2D eigenvalue weighted by molar-refractivity contribution is 7.98. The van der Waals surface area contributed by atoms with Crippen molar-refractivity contribution in [2.45, 2.75) is 17.8 Å². The van der Waals surface area contributed by atoms with E-state index in [0.29, 0.717) is 28.1 Å². The lowest BCUT2D eigenvalue weighted by molar-refractivity contribution is 0.0999. The van der Waals surface area contributed by atoms with Crippen LogP contribution in [0, 0.1) is 6.92 Å². The molecular formula is C21H18N4O2S. The lowest BCUT2D eigenvalue weighted by Gasteiger charge is -2.11. The van der Waals surface area contributed by atoms with Gasteiger partial charge in [0.1, 0.15) is 0 Å². The first-order valence-corrected chi connectivity index (χ1v) is 9.69. The third kappa shape index (κ3) is 3.57. The average Bonchev–Trinajstić information content (AvgIpc) is 3.36. The summed E-state index contributed by atoms with van der Waals surface area (Å²) in [6.07, 6.45) is 1.61. The Labute approximate surface area is 166 Å². The molecule has 0 aliphatic heterocycles. The van der Waals surface area contributed by atoms with Crippen molar-refractivity contribution < 1.29 is 9.21 Å². The molecule has 7 heteroatoms. The maximum atomic E-state index is 11.7. The van der Waals surface area contributed by atoms with Crippen LogP contribution in [0.2, 0.25) is 0 Å². The molecule has 28 heavy (non-hydrogen) atoms. The monoisotopic (exact) mass is 390 g/mol. The number of aryl methyl sites for hydroxylation is 1. The van der Waals surface area contributed by atoms with Gasteiger partial charge in [0.2, 0.25) is 11.7 Å². The molecule has 2 aromatic heterocycles. The van der Waals surface area contributed by atoms with Crippen molar-refractivity contribution in [2.75, 3.05) is 0 Å². The molecule has 0 aliphatic carbocycles. The average molecular weight is 390 g/mol. The highest BCUT2D eigenvalue weighted by atomic mass is 32.2. The maximum Gasteiger partial charge on any atom is 0.249 e. The molecule has 0 spiro atoms. The van der Waals surface area contributed by atoms with Crippen molar-refractivity contribution in [3.05, 3.63) is 83.6 Å². The van der Waals surface area contributed by atoms with Gasteiger partial charge in [0.05, 0.1) is 12.0 Å². The van der Waals surface area contributed by atoms with E-state index in [0.717, 1.165) is 16.8 Å². The van der Waals surface area contributed by atoms with E-state index < -0.39 is 5.91 Å². The van der Waals surface area contributed by atoms with Gasteiger partial charge in [-0.3, -0.25) is 9.36 Å². The number of amides is 1. The number of nitrogens with zero attached hydrogens (tertiary/aromatic N) is 3. The summed E-state index contributed by atoms with van der Waals surface area (Å²) in [5, 5.41) is 9.41. The first-order chi connectivity index (χ1) is 13.6. The summed E-state index contributed by atoms with van der Waals surface area (Å²) in [5.74, 6) is 1.37.